The molecule has 23 heavy (non-hydrogen) atoms. The number of hydrogen-bond donors (Lipinski definition) is 0. The molecule has 0 spiro atoms. The minimum Gasteiger partial charge on any atom is -0.464 e. The van der Waals surface area contributed by atoms with E-state index >= 15 is 0 Å². The Kier molecular flexibility index (Phi) is 6.65. The van der Waals surface area contributed by atoms with Gasteiger partial charge >= 0.3 is 11.9 Å². The van der Waals surface area contributed by atoms with Crippen LogP contribution in [-0.2, 0) is 14.3 Å². The molecular formula is C17H21NO4S. The van der Waals surface area contributed by atoms with Gasteiger partial charge in [0.25, 0.3) is 0 Å². The Labute approximate surface area is 140 Å². The highest BCUT2D eigenvalue weighted by Crippen LogP contribution is 2.22. The fourth-order valence-electron chi connectivity index (χ4n) is 2.08. The molecule has 0 saturated heterocycles. The van der Waals surface area contributed by atoms with Gasteiger partial charge in [0.05, 0.1) is 23.8 Å². The van der Waals surface area contributed by atoms with Crippen LogP contribution in [0, 0.1) is 6.92 Å². The van der Waals surface area contributed by atoms with Crippen LogP contribution in [0.15, 0.2) is 29.3 Å². The molecule has 0 fully saturated rings. The lowest BCUT2D eigenvalue weighted by atomic mass is 10.1. The van der Waals surface area contributed by atoms with Crippen molar-refractivity contribution in [1.29, 1.82) is 0 Å². The van der Waals surface area contributed by atoms with Crippen molar-refractivity contribution in [2.45, 2.75) is 32.7 Å². The molecule has 2 rings (SSSR count). The molecule has 0 saturated carbocycles. The van der Waals surface area contributed by atoms with Gasteiger partial charge in [-0.2, -0.15) is 0 Å². The van der Waals surface area contributed by atoms with Crippen molar-refractivity contribution in [3.8, 4) is 0 Å². The van der Waals surface area contributed by atoms with E-state index in [0.29, 0.717) is 37.4 Å². The molecule has 0 aliphatic carbocycles. The second-order valence-electron chi connectivity index (χ2n) is 5.21. The smallest absolute Gasteiger partial charge is 0.338 e. The number of hydrogen-bond acceptors (Lipinski definition) is 6. The molecule has 1 heterocycles. The van der Waals surface area contributed by atoms with Crippen molar-refractivity contribution < 1.29 is 19.1 Å². The van der Waals surface area contributed by atoms with Gasteiger partial charge in [0.2, 0.25) is 0 Å². The van der Waals surface area contributed by atoms with Gasteiger partial charge in [0.15, 0.2) is 6.04 Å². The Bertz CT molecular complexity index is 583. The van der Waals surface area contributed by atoms with E-state index in [0.717, 1.165) is 10.6 Å². The number of ether oxygens (including phenoxy) is 2. The number of esters is 2. The third kappa shape index (κ3) is 5.39. The summed E-state index contributed by atoms with van der Waals surface area (Å²) in [5.74, 6) is 0.0633. The minimum absolute atomic E-state index is 0.263. The summed E-state index contributed by atoms with van der Waals surface area (Å²) >= 11 is 1.57. The predicted octanol–water partition coefficient (Wildman–Crippen LogP) is 3.01. The number of thioether (sulfide) groups is 1. The Morgan fingerprint density at radius 3 is 2.70 bits per heavy atom. The van der Waals surface area contributed by atoms with Crippen LogP contribution in [0.5, 0.6) is 0 Å². The van der Waals surface area contributed by atoms with E-state index in [2.05, 4.69) is 4.99 Å². The van der Waals surface area contributed by atoms with Crippen molar-refractivity contribution in [1.82, 2.24) is 0 Å². The van der Waals surface area contributed by atoms with E-state index in [1.807, 2.05) is 19.1 Å². The molecule has 0 radical (unpaired) electrons. The standard InChI is InChI=1S/C17H21NO4S/c1-3-21-17(20)14-11-23-15(18-14)5-4-10-22-16(19)13-8-6-12(2)7-9-13/h6-9,14H,3-5,10-11H2,1-2H3/t14-/m0/s1. The summed E-state index contributed by atoms with van der Waals surface area (Å²) in [4.78, 5) is 27.8. The molecule has 0 unspecified atom stereocenters. The number of aliphatic imine (C=N–C) groups is 1. The third-order valence-corrected chi connectivity index (χ3v) is 4.45. The lowest BCUT2D eigenvalue weighted by Crippen LogP contribution is -2.21. The van der Waals surface area contributed by atoms with Crippen LogP contribution >= 0.6 is 11.8 Å². The summed E-state index contributed by atoms with van der Waals surface area (Å²) in [5.41, 5.74) is 1.67. The highest BCUT2D eigenvalue weighted by molar-refractivity contribution is 8.14. The fraction of sp³-hybridized carbons (Fsp3) is 0.471. The van der Waals surface area contributed by atoms with E-state index in [9.17, 15) is 9.59 Å². The van der Waals surface area contributed by atoms with Crippen molar-refractivity contribution in [3.63, 3.8) is 0 Å². The molecule has 1 aromatic rings. The van der Waals surface area contributed by atoms with Gasteiger partial charge in [-0.15, -0.1) is 11.8 Å². The van der Waals surface area contributed by atoms with E-state index < -0.39 is 0 Å². The fourth-order valence-corrected chi connectivity index (χ4v) is 3.13. The average molecular weight is 335 g/mol. The van der Waals surface area contributed by atoms with Gasteiger partial charge < -0.3 is 9.47 Å². The predicted molar refractivity (Wildman–Crippen MR) is 91.0 cm³/mol. The Morgan fingerprint density at radius 2 is 2.00 bits per heavy atom. The molecule has 124 valence electrons. The molecule has 1 aliphatic heterocycles. The van der Waals surface area contributed by atoms with Gasteiger partial charge in [-0.3, -0.25) is 4.99 Å². The van der Waals surface area contributed by atoms with Gasteiger partial charge in [-0.1, -0.05) is 17.7 Å². The average Bonchev–Trinajstić information content (AvgIpc) is 3.01. The lowest BCUT2D eigenvalue weighted by Gasteiger charge is -2.05. The van der Waals surface area contributed by atoms with E-state index in [1.54, 1.807) is 30.8 Å². The summed E-state index contributed by atoms with van der Waals surface area (Å²) < 4.78 is 10.2. The first-order valence-electron chi connectivity index (χ1n) is 7.70. The maximum atomic E-state index is 11.8. The number of carbonyl (C=O) groups is 2. The number of rotatable bonds is 7. The zero-order valence-corrected chi connectivity index (χ0v) is 14.2. The molecule has 1 aromatic carbocycles. The minimum atomic E-state index is -0.384. The number of carbonyl (C=O) groups excluding carboxylic acids is 2. The second-order valence-corrected chi connectivity index (χ2v) is 6.30. The quantitative estimate of drug-likeness (QED) is 0.566. The summed E-state index contributed by atoms with van der Waals surface area (Å²) in [6.07, 6.45) is 1.40. The summed E-state index contributed by atoms with van der Waals surface area (Å²) in [5, 5.41) is 0.925. The zero-order valence-electron chi connectivity index (χ0n) is 13.4. The highest BCUT2D eigenvalue weighted by atomic mass is 32.2. The summed E-state index contributed by atoms with van der Waals surface area (Å²) in [7, 11) is 0. The number of nitrogens with zero attached hydrogens (tertiary/aromatic N) is 1. The van der Waals surface area contributed by atoms with E-state index in [-0.39, 0.29) is 18.0 Å². The van der Waals surface area contributed by atoms with Crippen molar-refractivity contribution in [2.75, 3.05) is 19.0 Å². The monoisotopic (exact) mass is 335 g/mol. The number of benzene rings is 1. The first kappa shape index (κ1) is 17.5. The molecule has 0 aromatic heterocycles. The summed E-state index contributed by atoms with van der Waals surface area (Å²) in [6.45, 7) is 4.47. The molecule has 0 amide bonds. The van der Waals surface area contributed by atoms with E-state index in [1.165, 1.54) is 0 Å². The molecule has 0 bridgehead atoms. The van der Waals surface area contributed by atoms with Gasteiger partial charge in [0, 0.05) is 5.75 Å². The second kappa shape index (κ2) is 8.72. The molecule has 5 nitrogen and oxygen atoms in total. The van der Waals surface area contributed by atoms with Crippen LogP contribution in [0.2, 0.25) is 0 Å². The van der Waals surface area contributed by atoms with Crippen LogP contribution in [0.1, 0.15) is 35.7 Å². The number of aryl methyl sites for hydroxylation is 1. The molecule has 0 N–H and O–H groups in total. The lowest BCUT2D eigenvalue weighted by molar-refractivity contribution is -0.143. The zero-order chi connectivity index (χ0) is 16.7. The van der Waals surface area contributed by atoms with Crippen LogP contribution in [0.4, 0.5) is 0 Å². The van der Waals surface area contributed by atoms with Crippen LogP contribution in [-0.4, -0.2) is 42.0 Å². The Balaban J connectivity index is 1.69. The SMILES string of the molecule is CCOC(=O)[C@@H]1CSC(CCCOC(=O)c2ccc(C)cc2)=N1. The summed E-state index contributed by atoms with van der Waals surface area (Å²) in [6, 6.07) is 6.91. The first-order valence-corrected chi connectivity index (χ1v) is 8.68. The molecule has 1 atom stereocenters. The van der Waals surface area contributed by atoms with Crippen molar-refractivity contribution >= 4 is 28.7 Å². The van der Waals surface area contributed by atoms with Crippen LogP contribution in [0.25, 0.3) is 0 Å². The Hall–Kier alpha value is -1.82. The highest BCUT2D eigenvalue weighted by Gasteiger charge is 2.25. The third-order valence-electron chi connectivity index (χ3n) is 3.32. The molecule has 1 aliphatic rings. The maximum Gasteiger partial charge on any atom is 0.338 e. The van der Waals surface area contributed by atoms with Crippen molar-refractivity contribution in [3.05, 3.63) is 35.4 Å². The Morgan fingerprint density at radius 1 is 1.26 bits per heavy atom. The topological polar surface area (TPSA) is 65.0 Å². The largest absolute Gasteiger partial charge is 0.464 e. The van der Waals surface area contributed by atoms with Crippen LogP contribution in [0.3, 0.4) is 0 Å². The molecule has 6 heteroatoms. The normalized spacial score (nSPS) is 16.8. The molecular weight excluding hydrogens is 314 g/mol. The van der Waals surface area contributed by atoms with Gasteiger partial charge in [-0.25, -0.2) is 9.59 Å². The van der Waals surface area contributed by atoms with Crippen LogP contribution < -0.4 is 0 Å². The van der Waals surface area contributed by atoms with Gasteiger partial charge in [0.1, 0.15) is 0 Å². The van der Waals surface area contributed by atoms with Gasteiger partial charge in [-0.05, 0) is 38.8 Å². The van der Waals surface area contributed by atoms with Crippen molar-refractivity contribution in [2.24, 2.45) is 4.99 Å². The first-order chi connectivity index (χ1) is 11.1. The maximum absolute atomic E-state index is 11.8. The van der Waals surface area contributed by atoms with E-state index in [4.69, 9.17) is 9.47 Å².